The summed E-state index contributed by atoms with van der Waals surface area (Å²) in [7, 11) is 0. The molecule has 5 heteroatoms. The van der Waals surface area contributed by atoms with Crippen molar-refractivity contribution >= 4 is 11.6 Å². The highest BCUT2D eigenvalue weighted by Gasteiger charge is 2.05. The molecule has 0 fully saturated rings. The summed E-state index contributed by atoms with van der Waals surface area (Å²) in [6, 6.07) is 7.93. The van der Waals surface area contributed by atoms with Crippen LogP contribution in [0.2, 0.25) is 5.02 Å². The van der Waals surface area contributed by atoms with Crippen molar-refractivity contribution in [2.75, 3.05) is 0 Å². The summed E-state index contributed by atoms with van der Waals surface area (Å²) in [6.07, 6.45) is 7.63. The van der Waals surface area contributed by atoms with Gasteiger partial charge in [0.25, 0.3) is 6.33 Å². The molecule has 2 rings (SSSR count). The number of unbranched alkanes of at least 4 members (excludes halogenated alkanes) is 2. The summed E-state index contributed by atoms with van der Waals surface area (Å²) in [4.78, 5) is 0. The van der Waals surface area contributed by atoms with Crippen molar-refractivity contribution in [2.24, 2.45) is 0 Å². The highest BCUT2D eigenvalue weighted by molar-refractivity contribution is 6.30. The van der Waals surface area contributed by atoms with Gasteiger partial charge in [0.2, 0.25) is 6.33 Å². The van der Waals surface area contributed by atoms with Gasteiger partial charge in [0.15, 0.2) is 0 Å². The Morgan fingerprint density at radius 2 is 1.95 bits per heavy atom. The minimum absolute atomic E-state index is 0. The van der Waals surface area contributed by atoms with Crippen molar-refractivity contribution in [2.45, 2.75) is 39.3 Å². The first-order valence-corrected chi connectivity index (χ1v) is 6.81. The van der Waals surface area contributed by atoms with Gasteiger partial charge in [-0.2, -0.15) is 0 Å². The van der Waals surface area contributed by atoms with Crippen molar-refractivity contribution < 1.29 is 17.0 Å². The number of benzene rings is 1. The summed E-state index contributed by atoms with van der Waals surface area (Å²) in [6.45, 7) is 4.05. The predicted octanol–water partition coefficient (Wildman–Crippen LogP) is 0.0665. The molecule has 0 aliphatic rings. The van der Waals surface area contributed by atoms with Crippen molar-refractivity contribution in [3.05, 3.63) is 47.5 Å². The second kappa shape index (κ2) is 8.18. The number of rotatable bonds is 6. The SMILES string of the molecule is CCCCCn1c[n+](Cc2ccc(Cl)cc2)cn1.[Cl-]. The van der Waals surface area contributed by atoms with E-state index in [-0.39, 0.29) is 12.4 Å². The van der Waals surface area contributed by atoms with Crippen LogP contribution in [0, 0.1) is 0 Å². The molecule has 104 valence electrons. The smallest absolute Gasteiger partial charge is 0.265 e. The van der Waals surface area contributed by atoms with Gasteiger partial charge in [-0.1, -0.05) is 43.5 Å². The molecule has 0 amide bonds. The number of halogens is 2. The topological polar surface area (TPSA) is 21.7 Å². The zero-order valence-electron chi connectivity index (χ0n) is 11.1. The number of aromatic nitrogens is 3. The normalized spacial score (nSPS) is 10.2. The minimum atomic E-state index is 0. The van der Waals surface area contributed by atoms with E-state index in [2.05, 4.69) is 22.9 Å². The summed E-state index contributed by atoms with van der Waals surface area (Å²) in [5.41, 5.74) is 1.23. The molecule has 0 aliphatic heterocycles. The molecular weight excluding hydrogens is 281 g/mol. The highest BCUT2D eigenvalue weighted by atomic mass is 35.5. The van der Waals surface area contributed by atoms with Crippen LogP contribution in [-0.2, 0) is 13.1 Å². The van der Waals surface area contributed by atoms with Gasteiger partial charge in [-0.05, 0) is 24.1 Å². The van der Waals surface area contributed by atoms with Gasteiger partial charge in [-0.3, -0.25) is 0 Å². The Hall–Kier alpha value is -1.06. The zero-order chi connectivity index (χ0) is 12.8. The number of hydrogen-bond acceptors (Lipinski definition) is 1. The first-order chi connectivity index (χ1) is 8.78. The molecular formula is C14H19Cl2N3. The second-order valence-electron chi connectivity index (χ2n) is 4.52. The van der Waals surface area contributed by atoms with Gasteiger partial charge in [0, 0.05) is 10.1 Å². The lowest BCUT2D eigenvalue weighted by atomic mass is 10.2. The summed E-state index contributed by atoms with van der Waals surface area (Å²) >= 11 is 5.87. The first kappa shape index (κ1) is 16.0. The molecule has 3 nitrogen and oxygen atoms in total. The Morgan fingerprint density at radius 3 is 2.63 bits per heavy atom. The molecule has 0 spiro atoms. The molecule has 1 aromatic carbocycles. The summed E-state index contributed by atoms with van der Waals surface area (Å²) < 4.78 is 4.10. The van der Waals surface area contributed by atoms with Gasteiger partial charge >= 0.3 is 0 Å². The Balaban J connectivity index is 0.00000180. The Labute approximate surface area is 125 Å². The van der Waals surface area contributed by atoms with Crippen molar-refractivity contribution in [3.8, 4) is 0 Å². The van der Waals surface area contributed by atoms with Gasteiger partial charge in [0.1, 0.15) is 6.54 Å². The number of hydrogen-bond donors (Lipinski definition) is 0. The van der Waals surface area contributed by atoms with Crippen LogP contribution in [0.25, 0.3) is 0 Å². The lowest BCUT2D eigenvalue weighted by molar-refractivity contribution is -0.689. The quantitative estimate of drug-likeness (QED) is 0.546. The fourth-order valence-corrected chi connectivity index (χ4v) is 2.01. The molecule has 1 heterocycles. The Bertz CT molecular complexity index is 480. The fourth-order valence-electron chi connectivity index (χ4n) is 1.89. The van der Waals surface area contributed by atoms with E-state index in [4.69, 9.17) is 11.6 Å². The van der Waals surface area contributed by atoms with E-state index < -0.39 is 0 Å². The molecule has 0 radical (unpaired) electrons. The maximum Gasteiger partial charge on any atom is 0.265 e. The molecule has 0 unspecified atom stereocenters. The van der Waals surface area contributed by atoms with Gasteiger partial charge in [-0.25, -0.2) is 4.57 Å². The van der Waals surface area contributed by atoms with Crippen LogP contribution in [0.4, 0.5) is 0 Å². The molecule has 0 aliphatic carbocycles. The van der Waals surface area contributed by atoms with Crippen molar-refractivity contribution in [3.63, 3.8) is 0 Å². The van der Waals surface area contributed by atoms with E-state index in [1.807, 2.05) is 35.3 Å². The molecule has 1 aromatic heterocycles. The van der Waals surface area contributed by atoms with Crippen molar-refractivity contribution in [1.82, 2.24) is 9.78 Å². The first-order valence-electron chi connectivity index (χ1n) is 6.44. The van der Waals surface area contributed by atoms with Crippen molar-refractivity contribution in [1.29, 1.82) is 0 Å². The molecule has 0 N–H and O–H groups in total. The standard InChI is InChI=1S/C14H19ClN3.ClH/c1-2-3-4-9-18-12-17(11-16-18)10-13-5-7-14(15)8-6-13;/h5-8,11-12H,2-4,9-10H2,1H3;1H/q+1;/p-1. The third kappa shape index (κ3) is 5.21. The predicted molar refractivity (Wildman–Crippen MR) is 72.5 cm³/mol. The van der Waals surface area contributed by atoms with Crippen LogP contribution in [-0.4, -0.2) is 9.78 Å². The summed E-state index contributed by atoms with van der Waals surface area (Å²) in [5.74, 6) is 0. The van der Waals surface area contributed by atoms with Gasteiger partial charge in [-0.15, -0.1) is 4.68 Å². The van der Waals surface area contributed by atoms with Crippen LogP contribution in [0.3, 0.4) is 0 Å². The molecule has 0 saturated heterocycles. The highest BCUT2D eigenvalue weighted by Crippen LogP contribution is 2.08. The van der Waals surface area contributed by atoms with Crippen LogP contribution in [0.5, 0.6) is 0 Å². The Morgan fingerprint density at radius 1 is 1.21 bits per heavy atom. The van der Waals surface area contributed by atoms with E-state index in [9.17, 15) is 0 Å². The number of nitrogens with zero attached hydrogens (tertiary/aromatic N) is 3. The maximum atomic E-state index is 5.87. The molecule has 2 aromatic rings. The zero-order valence-corrected chi connectivity index (χ0v) is 12.6. The molecule has 0 saturated carbocycles. The molecule has 0 atom stereocenters. The van der Waals surface area contributed by atoms with E-state index in [1.54, 1.807) is 0 Å². The minimum Gasteiger partial charge on any atom is -1.00 e. The van der Waals surface area contributed by atoms with Gasteiger partial charge in [0.05, 0.1) is 6.54 Å². The second-order valence-corrected chi connectivity index (χ2v) is 4.95. The number of aryl methyl sites for hydroxylation is 1. The van der Waals surface area contributed by atoms with Crippen LogP contribution >= 0.6 is 11.6 Å². The van der Waals surface area contributed by atoms with Crippen LogP contribution in [0.15, 0.2) is 36.9 Å². The van der Waals surface area contributed by atoms with E-state index >= 15 is 0 Å². The third-order valence-corrected chi connectivity index (χ3v) is 3.15. The average Bonchev–Trinajstić information content (AvgIpc) is 2.80. The van der Waals surface area contributed by atoms with E-state index in [1.165, 1.54) is 24.8 Å². The third-order valence-electron chi connectivity index (χ3n) is 2.90. The largest absolute Gasteiger partial charge is 1.00 e. The lowest BCUT2D eigenvalue weighted by Crippen LogP contribution is -3.00. The van der Waals surface area contributed by atoms with Crippen LogP contribution in [0.1, 0.15) is 31.7 Å². The Kier molecular flexibility index (Phi) is 6.89. The monoisotopic (exact) mass is 299 g/mol. The average molecular weight is 300 g/mol. The summed E-state index contributed by atoms with van der Waals surface area (Å²) in [5, 5.41) is 5.13. The van der Waals surface area contributed by atoms with Gasteiger partial charge < -0.3 is 12.4 Å². The maximum absolute atomic E-state index is 5.87. The van der Waals surface area contributed by atoms with E-state index in [0.29, 0.717) is 0 Å². The van der Waals surface area contributed by atoms with E-state index in [0.717, 1.165) is 18.1 Å². The molecule has 0 bridgehead atoms. The molecule has 19 heavy (non-hydrogen) atoms. The lowest BCUT2D eigenvalue weighted by Gasteiger charge is -1.98. The fraction of sp³-hybridized carbons (Fsp3) is 0.429. The van der Waals surface area contributed by atoms with Crippen LogP contribution < -0.4 is 17.0 Å².